The number of amides is 1. The predicted molar refractivity (Wildman–Crippen MR) is 95.4 cm³/mol. The first kappa shape index (κ1) is 16.1. The number of primary amides is 1. The number of carbonyl (C=O) groups is 2. The van der Waals surface area contributed by atoms with Gasteiger partial charge in [0.1, 0.15) is 11.4 Å². The molecule has 2 saturated heterocycles. The summed E-state index contributed by atoms with van der Waals surface area (Å²) in [6.07, 6.45) is 6.96. The van der Waals surface area contributed by atoms with Gasteiger partial charge in [0, 0.05) is 41.8 Å². The van der Waals surface area contributed by atoms with E-state index in [1.165, 1.54) is 6.20 Å². The second kappa shape index (κ2) is 6.15. The van der Waals surface area contributed by atoms with Crippen molar-refractivity contribution in [1.82, 2.24) is 15.3 Å². The van der Waals surface area contributed by atoms with E-state index in [1.54, 1.807) is 6.92 Å². The molecule has 7 heteroatoms. The molecule has 0 aliphatic carbocycles. The van der Waals surface area contributed by atoms with Gasteiger partial charge < -0.3 is 21.4 Å². The van der Waals surface area contributed by atoms with Crippen LogP contribution in [0.15, 0.2) is 18.5 Å². The molecule has 0 spiro atoms. The maximum Gasteiger partial charge on any atom is 0.252 e. The van der Waals surface area contributed by atoms with Gasteiger partial charge in [-0.1, -0.05) is 0 Å². The third kappa shape index (κ3) is 3.00. The number of fused-ring (bicyclic) bond motifs is 3. The highest BCUT2D eigenvalue weighted by atomic mass is 16.1. The minimum absolute atomic E-state index is 0.177. The third-order valence-corrected chi connectivity index (χ3v) is 5.52. The number of carbonyl (C=O) groups excluding carboxylic acids is 2. The van der Waals surface area contributed by atoms with Gasteiger partial charge in [-0.25, -0.2) is 4.98 Å². The average molecular weight is 341 g/mol. The highest BCUT2D eigenvalue weighted by Gasteiger charge is 2.37. The summed E-state index contributed by atoms with van der Waals surface area (Å²) < 4.78 is 0. The molecule has 4 rings (SSSR count). The number of Topliss-reactive ketones (excluding diaryl/α,β-unsaturated/α-hetero) is 1. The maximum absolute atomic E-state index is 11.8. The van der Waals surface area contributed by atoms with Crippen LogP contribution < -0.4 is 16.4 Å². The van der Waals surface area contributed by atoms with E-state index >= 15 is 0 Å². The number of hydrogen-bond donors (Lipinski definition) is 4. The molecule has 0 aromatic carbocycles. The van der Waals surface area contributed by atoms with Gasteiger partial charge in [0.05, 0.1) is 11.3 Å². The number of rotatable bonds is 4. The standard InChI is InChI=1S/C18H23N5O2/c1-9(24)10-4-11-6-13(7-12(5-10)22-11)23-16-14-2-3-20-18(14)21-8-15(16)17(19)25/h2-3,8,10-13,22H,4-7H2,1H3,(H2,19,25)(H2,20,21,23)/t10?,11-,12+,13?. The van der Waals surface area contributed by atoms with Gasteiger partial charge in [0.2, 0.25) is 0 Å². The van der Waals surface area contributed by atoms with Crippen LogP contribution in [0, 0.1) is 5.92 Å². The number of nitrogens with zero attached hydrogens (tertiary/aromatic N) is 1. The number of pyridine rings is 1. The summed E-state index contributed by atoms with van der Waals surface area (Å²) in [6, 6.07) is 2.81. The smallest absolute Gasteiger partial charge is 0.252 e. The Balaban J connectivity index is 1.58. The van der Waals surface area contributed by atoms with Crippen molar-refractivity contribution in [2.45, 2.75) is 50.7 Å². The molecule has 0 saturated carbocycles. The molecule has 2 fully saturated rings. The summed E-state index contributed by atoms with van der Waals surface area (Å²) in [5, 5.41) is 8.04. The Morgan fingerprint density at radius 3 is 2.60 bits per heavy atom. The van der Waals surface area contributed by atoms with Gasteiger partial charge in [0.25, 0.3) is 5.91 Å². The molecule has 5 N–H and O–H groups in total. The quantitative estimate of drug-likeness (QED) is 0.674. The summed E-state index contributed by atoms with van der Waals surface area (Å²) in [4.78, 5) is 30.9. The van der Waals surface area contributed by atoms with Crippen LogP contribution >= 0.6 is 0 Å². The molecular formula is C18H23N5O2. The number of aromatic amines is 1. The Morgan fingerprint density at radius 1 is 1.24 bits per heavy atom. The number of aromatic nitrogens is 2. The number of piperidine rings is 2. The van der Waals surface area contributed by atoms with Crippen LogP contribution in [0.2, 0.25) is 0 Å². The van der Waals surface area contributed by atoms with Gasteiger partial charge in [-0.05, 0) is 38.7 Å². The van der Waals surface area contributed by atoms with Crippen molar-refractivity contribution in [2.75, 3.05) is 5.32 Å². The molecule has 132 valence electrons. The molecule has 2 aromatic heterocycles. The molecule has 2 unspecified atom stereocenters. The van der Waals surface area contributed by atoms with E-state index in [0.29, 0.717) is 23.4 Å². The monoisotopic (exact) mass is 341 g/mol. The second-order valence-corrected chi connectivity index (χ2v) is 7.30. The average Bonchev–Trinajstić information content (AvgIpc) is 3.03. The van der Waals surface area contributed by atoms with Crippen LogP contribution in [0.4, 0.5) is 5.69 Å². The first-order valence-corrected chi connectivity index (χ1v) is 8.80. The summed E-state index contributed by atoms with van der Waals surface area (Å²) in [7, 11) is 0. The van der Waals surface area contributed by atoms with E-state index < -0.39 is 5.91 Å². The van der Waals surface area contributed by atoms with Crippen molar-refractivity contribution in [1.29, 1.82) is 0 Å². The van der Waals surface area contributed by atoms with E-state index in [0.717, 1.165) is 42.4 Å². The van der Waals surface area contributed by atoms with Gasteiger partial charge >= 0.3 is 0 Å². The Bertz CT molecular complexity index is 816. The van der Waals surface area contributed by atoms with Crippen molar-refractivity contribution in [3.05, 3.63) is 24.0 Å². The van der Waals surface area contributed by atoms with E-state index in [4.69, 9.17) is 5.73 Å². The zero-order valence-corrected chi connectivity index (χ0v) is 14.2. The minimum atomic E-state index is -0.483. The fraction of sp³-hybridized carbons (Fsp3) is 0.500. The molecule has 2 aliphatic rings. The van der Waals surface area contributed by atoms with Gasteiger partial charge in [0.15, 0.2) is 0 Å². The lowest BCUT2D eigenvalue weighted by molar-refractivity contribution is -0.122. The molecule has 2 bridgehead atoms. The summed E-state index contributed by atoms with van der Waals surface area (Å²) in [6.45, 7) is 1.69. The summed E-state index contributed by atoms with van der Waals surface area (Å²) in [5.74, 6) is -0.0124. The molecule has 25 heavy (non-hydrogen) atoms. The Kier molecular flexibility index (Phi) is 3.95. The fourth-order valence-electron chi connectivity index (χ4n) is 4.37. The molecular weight excluding hydrogens is 318 g/mol. The Morgan fingerprint density at radius 2 is 1.96 bits per heavy atom. The molecule has 4 atom stereocenters. The van der Waals surface area contributed by atoms with Crippen LogP contribution in [-0.4, -0.2) is 39.8 Å². The molecule has 0 radical (unpaired) electrons. The fourth-order valence-corrected chi connectivity index (χ4v) is 4.37. The largest absolute Gasteiger partial charge is 0.381 e. The van der Waals surface area contributed by atoms with Crippen LogP contribution in [0.1, 0.15) is 43.0 Å². The van der Waals surface area contributed by atoms with Crippen LogP contribution in [0.3, 0.4) is 0 Å². The van der Waals surface area contributed by atoms with Crippen molar-refractivity contribution < 1.29 is 9.59 Å². The van der Waals surface area contributed by atoms with Gasteiger partial charge in [-0.3, -0.25) is 9.59 Å². The summed E-state index contributed by atoms with van der Waals surface area (Å²) >= 11 is 0. The number of H-pyrrole nitrogens is 1. The van der Waals surface area contributed by atoms with Crippen molar-refractivity contribution in [2.24, 2.45) is 11.7 Å². The molecule has 2 aromatic rings. The van der Waals surface area contributed by atoms with E-state index in [1.807, 2.05) is 12.3 Å². The number of nitrogens with two attached hydrogens (primary N) is 1. The predicted octanol–water partition coefficient (Wildman–Crippen LogP) is 1.56. The van der Waals surface area contributed by atoms with E-state index in [-0.39, 0.29) is 12.0 Å². The number of anilines is 1. The third-order valence-electron chi connectivity index (χ3n) is 5.52. The number of hydrogen-bond acceptors (Lipinski definition) is 5. The molecule has 2 aliphatic heterocycles. The van der Waals surface area contributed by atoms with Gasteiger partial charge in [-0.2, -0.15) is 0 Å². The van der Waals surface area contributed by atoms with E-state index in [9.17, 15) is 9.59 Å². The first-order valence-electron chi connectivity index (χ1n) is 8.80. The molecule has 1 amide bonds. The molecule has 7 nitrogen and oxygen atoms in total. The van der Waals surface area contributed by atoms with Crippen molar-refractivity contribution in [3.63, 3.8) is 0 Å². The Labute approximate surface area is 145 Å². The zero-order chi connectivity index (χ0) is 17.6. The topological polar surface area (TPSA) is 113 Å². The van der Waals surface area contributed by atoms with E-state index in [2.05, 4.69) is 20.6 Å². The highest BCUT2D eigenvalue weighted by molar-refractivity contribution is 6.05. The summed E-state index contributed by atoms with van der Waals surface area (Å²) in [5.41, 5.74) is 7.45. The van der Waals surface area contributed by atoms with Crippen LogP contribution in [0.25, 0.3) is 11.0 Å². The first-order chi connectivity index (χ1) is 12.0. The zero-order valence-electron chi connectivity index (χ0n) is 14.2. The lowest BCUT2D eigenvalue weighted by Crippen LogP contribution is -2.55. The second-order valence-electron chi connectivity index (χ2n) is 7.30. The van der Waals surface area contributed by atoms with Crippen LogP contribution in [0.5, 0.6) is 0 Å². The maximum atomic E-state index is 11.8. The van der Waals surface area contributed by atoms with Crippen LogP contribution in [-0.2, 0) is 4.79 Å². The Hall–Kier alpha value is -2.41. The lowest BCUT2D eigenvalue weighted by atomic mass is 9.77. The highest BCUT2D eigenvalue weighted by Crippen LogP contribution is 2.33. The van der Waals surface area contributed by atoms with Crippen molar-refractivity contribution in [3.8, 4) is 0 Å². The molecule has 4 heterocycles. The minimum Gasteiger partial charge on any atom is -0.381 e. The SMILES string of the molecule is CC(=O)C1C[C@H]2CC(Nc3c(C(N)=O)cnc4[nH]ccc34)C[C@@H](C1)N2. The normalized spacial score (nSPS) is 28.7. The van der Waals surface area contributed by atoms with Crippen molar-refractivity contribution >= 4 is 28.4 Å². The van der Waals surface area contributed by atoms with Gasteiger partial charge in [-0.15, -0.1) is 0 Å². The lowest BCUT2D eigenvalue weighted by Gasteiger charge is -2.43. The number of ketones is 1. The number of nitrogens with one attached hydrogen (secondary N) is 3.